The van der Waals surface area contributed by atoms with E-state index < -0.39 is 0 Å². The first-order valence-electron chi connectivity index (χ1n) is 6.90. The number of hydrogen-bond acceptors (Lipinski definition) is 4. The SMILES string of the molecule is CC(C)N(Cc1ccccc1)C(=O)c1cccc(NN)n1. The Balaban J connectivity index is 2.23. The summed E-state index contributed by atoms with van der Waals surface area (Å²) < 4.78 is 0. The van der Waals surface area contributed by atoms with Gasteiger partial charge in [0.05, 0.1) is 0 Å². The summed E-state index contributed by atoms with van der Waals surface area (Å²) in [4.78, 5) is 18.7. The standard InChI is InChI=1S/C16H20N4O/c1-12(2)20(11-13-7-4-3-5-8-13)16(21)14-9-6-10-15(18-14)19-17/h3-10,12H,11,17H2,1-2H3,(H,18,19). The summed E-state index contributed by atoms with van der Waals surface area (Å²) in [6.07, 6.45) is 0. The summed E-state index contributed by atoms with van der Waals surface area (Å²) >= 11 is 0. The van der Waals surface area contributed by atoms with Crippen LogP contribution in [0.5, 0.6) is 0 Å². The molecule has 0 spiro atoms. The molecule has 0 radical (unpaired) electrons. The number of hydrazine groups is 1. The highest BCUT2D eigenvalue weighted by atomic mass is 16.2. The van der Waals surface area contributed by atoms with Crippen LogP contribution >= 0.6 is 0 Å². The molecule has 0 fully saturated rings. The number of nitrogen functional groups attached to an aromatic ring is 1. The first-order valence-corrected chi connectivity index (χ1v) is 6.90. The Morgan fingerprint density at radius 1 is 1.19 bits per heavy atom. The van der Waals surface area contributed by atoms with Crippen molar-refractivity contribution in [3.8, 4) is 0 Å². The van der Waals surface area contributed by atoms with Gasteiger partial charge in [0.2, 0.25) is 0 Å². The lowest BCUT2D eigenvalue weighted by Gasteiger charge is -2.26. The maximum absolute atomic E-state index is 12.7. The zero-order valence-corrected chi connectivity index (χ0v) is 12.3. The quantitative estimate of drug-likeness (QED) is 0.653. The highest BCUT2D eigenvalue weighted by Crippen LogP contribution is 2.13. The molecule has 0 unspecified atom stereocenters. The molecule has 0 aliphatic heterocycles. The zero-order valence-electron chi connectivity index (χ0n) is 12.3. The van der Waals surface area contributed by atoms with Crippen LogP contribution in [0.4, 0.5) is 5.82 Å². The van der Waals surface area contributed by atoms with Gasteiger partial charge in [0.25, 0.3) is 5.91 Å². The maximum atomic E-state index is 12.7. The molecule has 1 aromatic carbocycles. The summed E-state index contributed by atoms with van der Waals surface area (Å²) in [5.41, 5.74) is 3.93. The van der Waals surface area contributed by atoms with E-state index in [4.69, 9.17) is 5.84 Å². The molecule has 2 aromatic rings. The van der Waals surface area contributed by atoms with Crippen LogP contribution in [0.25, 0.3) is 0 Å². The van der Waals surface area contributed by atoms with Gasteiger partial charge in [-0.1, -0.05) is 36.4 Å². The fourth-order valence-electron chi connectivity index (χ4n) is 2.05. The van der Waals surface area contributed by atoms with E-state index in [0.29, 0.717) is 18.1 Å². The van der Waals surface area contributed by atoms with Gasteiger partial charge in [-0.3, -0.25) is 4.79 Å². The molecule has 3 N–H and O–H groups in total. The van der Waals surface area contributed by atoms with E-state index in [1.54, 1.807) is 23.1 Å². The van der Waals surface area contributed by atoms with Crippen molar-refractivity contribution in [2.45, 2.75) is 26.4 Å². The van der Waals surface area contributed by atoms with Crippen LogP contribution in [0, 0.1) is 0 Å². The lowest BCUT2D eigenvalue weighted by atomic mass is 10.1. The minimum Gasteiger partial charge on any atom is -0.331 e. The number of benzene rings is 1. The molecule has 0 aliphatic rings. The molecule has 1 heterocycles. The van der Waals surface area contributed by atoms with E-state index in [9.17, 15) is 4.79 Å². The monoisotopic (exact) mass is 284 g/mol. The van der Waals surface area contributed by atoms with Gasteiger partial charge in [-0.15, -0.1) is 0 Å². The van der Waals surface area contributed by atoms with Gasteiger partial charge in [-0.05, 0) is 31.5 Å². The van der Waals surface area contributed by atoms with Gasteiger partial charge in [-0.2, -0.15) is 0 Å². The summed E-state index contributed by atoms with van der Waals surface area (Å²) in [5.74, 6) is 5.71. The maximum Gasteiger partial charge on any atom is 0.273 e. The molecule has 0 saturated heterocycles. The minimum atomic E-state index is -0.106. The number of anilines is 1. The number of carbonyl (C=O) groups excluding carboxylic acids is 1. The molecule has 110 valence electrons. The molecule has 2 rings (SSSR count). The van der Waals surface area contributed by atoms with E-state index in [1.807, 2.05) is 44.2 Å². The Labute approximate surface area is 124 Å². The number of nitrogens with two attached hydrogens (primary N) is 1. The fourth-order valence-corrected chi connectivity index (χ4v) is 2.05. The van der Waals surface area contributed by atoms with Gasteiger partial charge in [-0.25, -0.2) is 10.8 Å². The lowest BCUT2D eigenvalue weighted by Crippen LogP contribution is -2.37. The second-order valence-corrected chi connectivity index (χ2v) is 5.06. The molecule has 5 heteroatoms. The first-order chi connectivity index (χ1) is 10.1. The molecule has 0 bridgehead atoms. The Hall–Kier alpha value is -2.40. The van der Waals surface area contributed by atoms with Gasteiger partial charge in [0.15, 0.2) is 0 Å². The highest BCUT2D eigenvalue weighted by Gasteiger charge is 2.20. The van der Waals surface area contributed by atoms with Crippen LogP contribution in [0.15, 0.2) is 48.5 Å². The van der Waals surface area contributed by atoms with Crippen molar-refractivity contribution in [3.63, 3.8) is 0 Å². The van der Waals surface area contributed by atoms with Crippen molar-refractivity contribution in [2.75, 3.05) is 5.43 Å². The summed E-state index contributed by atoms with van der Waals surface area (Å²) in [5, 5.41) is 0. The Bertz CT molecular complexity index is 598. The predicted molar refractivity (Wildman–Crippen MR) is 83.5 cm³/mol. The van der Waals surface area contributed by atoms with Gasteiger partial charge in [0, 0.05) is 12.6 Å². The van der Waals surface area contributed by atoms with Gasteiger partial charge in [0.1, 0.15) is 11.5 Å². The number of hydrogen-bond donors (Lipinski definition) is 2. The molecule has 5 nitrogen and oxygen atoms in total. The van der Waals surface area contributed by atoms with Gasteiger partial charge < -0.3 is 10.3 Å². The summed E-state index contributed by atoms with van der Waals surface area (Å²) in [7, 11) is 0. The number of carbonyl (C=O) groups is 1. The number of aromatic nitrogens is 1. The van der Waals surface area contributed by atoms with Crippen molar-refractivity contribution in [3.05, 3.63) is 59.8 Å². The lowest BCUT2D eigenvalue weighted by molar-refractivity contribution is 0.0684. The van der Waals surface area contributed by atoms with Crippen molar-refractivity contribution in [1.82, 2.24) is 9.88 Å². The van der Waals surface area contributed by atoms with Crippen molar-refractivity contribution < 1.29 is 4.79 Å². The fraction of sp³-hybridized carbons (Fsp3) is 0.250. The van der Waals surface area contributed by atoms with Crippen molar-refractivity contribution in [2.24, 2.45) is 5.84 Å². The second kappa shape index (κ2) is 6.85. The van der Waals surface area contributed by atoms with Gasteiger partial charge >= 0.3 is 0 Å². The topological polar surface area (TPSA) is 71.2 Å². The summed E-state index contributed by atoms with van der Waals surface area (Å²) in [6, 6.07) is 15.2. The van der Waals surface area contributed by atoms with E-state index in [1.165, 1.54) is 0 Å². The number of amides is 1. The van der Waals surface area contributed by atoms with Crippen LogP contribution in [-0.4, -0.2) is 21.8 Å². The number of nitrogens with one attached hydrogen (secondary N) is 1. The molecule has 21 heavy (non-hydrogen) atoms. The molecule has 0 saturated carbocycles. The van der Waals surface area contributed by atoms with Crippen molar-refractivity contribution >= 4 is 11.7 Å². The van der Waals surface area contributed by atoms with E-state index in [0.717, 1.165) is 5.56 Å². The average molecular weight is 284 g/mol. The van der Waals surface area contributed by atoms with Crippen LogP contribution in [0.2, 0.25) is 0 Å². The summed E-state index contributed by atoms with van der Waals surface area (Å²) in [6.45, 7) is 4.54. The van der Waals surface area contributed by atoms with Crippen molar-refractivity contribution in [1.29, 1.82) is 0 Å². The molecule has 1 amide bonds. The van der Waals surface area contributed by atoms with Crippen LogP contribution in [-0.2, 0) is 6.54 Å². The molecule has 1 aromatic heterocycles. The number of nitrogens with zero attached hydrogens (tertiary/aromatic N) is 2. The van der Waals surface area contributed by atoms with Crippen LogP contribution < -0.4 is 11.3 Å². The zero-order chi connectivity index (χ0) is 15.2. The number of rotatable bonds is 5. The highest BCUT2D eigenvalue weighted by molar-refractivity contribution is 5.92. The van der Waals surface area contributed by atoms with E-state index in [-0.39, 0.29) is 11.9 Å². The second-order valence-electron chi connectivity index (χ2n) is 5.06. The smallest absolute Gasteiger partial charge is 0.273 e. The number of pyridine rings is 1. The molecular formula is C16H20N4O. The average Bonchev–Trinajstić information content (AvgIpc) is 2.52. The molecule has 0 aliphatic carbocycles. The van der Waals surface area contributed by atoms with Crippen LogP contribution in [0.3, 0.4) is 0 Å². The Kier molecular flexibility index (Phi) is 4.90. The normalized spacial score (nSPS) is 10.5. The van der Waals surface area contributed by atoms with Crippen LogP contribution in [0.1, 0.15) is 29.9 Å². The predicted octanol–water partition coefficient (Wildman–Crippen LogP) is 2.42. The molecule has 0 atom stereocenters. The minimum absolute atomic E-state index is 0.0778. The Morgan fingerprint density at radius 2 is 1.90 bits per heavy atom. The third-order valence-electron chi connectivity index (χ3n) is 3.20. The van der Waals surface area contributed by atoms with E-state index in [2.05, 4.69) is 10.4 Å². The van der Waals surface area contributed by atoms with E-state index >= 15 is 0 Å². The Morgan fingerprint density at radius 3 is 2.52 bits per heavy atom. The molecular weight excluding hydrogens is 264 g/mol. The third-order valence-corrected chi connectivity index (χ3v) is 3.20. The third kappa shape index (κ3) is 3.79. The largest absolute Gasteiger partial charge is 0.331 e. The first kappa shape index (κ1) is 15.0.